The molecule has 1 aromatic carbocycles. The molecule has 20 heavy (non-hydrogen) atoms. The van der Waals surface area contributed by atoms with E-state index in [1.54, 1.807) is 0 Å². The lowest BCUT2D eigenvalue weighted by Crippen LogP contribution is -2.47. The smallest absolute Gasteiger partial charge is 0.243 e. The molecular weight excluding hydrogens is 300 g/mol. The molecule has 0 aromatic heterocycles. The van der Waals surface area contributed by atoms with Crippen molar-refractivity contribution < 1.29 is 16.8 Å². The zero-order valence-electron chi connectivity index (χ0n) is 11.5. The van der Waals surface area contributed by atoms with E-state index in [-0.39, 0.29) is 9.79 Å². The number of nitrogens with zero attached hydrogens (tertiary/aromatic N) is 2. The van der Waals surface area contributed by atoms with Gasteiger partial charge in [0.1, 0.15) is 0 Å². The molecule has 0 radical (unpaired) electrons. The number of hydrogen-bond donors (Lipinski definition) is 0. The molecular formula is C12H18N2O4S2. The molecule has 0 amide bonds. The van der Waals surface area contributed by atoms with Crippen molar-refractivity contribution in [1.82, 2.24) is 9.21 Å². The highest BCUT2D eigenvalue weighted by molar-refractivity contribution is 7.91. The van der Waals surface area contributed by atoms with Crippen LogP contribution in [0.4, 0.5) is 0 Å². The average Bonchev–Trinajstić information content (AvgIpc) is 2.38. The predicted octanol–water partition coefficient (Wildman–Crippen LogP) is 0.0262. The Hall–Kier alpha value is -0.960. The summed E-state index contributed by atoms with van der Waals surface area (Å²) in [6, 6.07) is 5.52. The fourth-order valence-corrected chi connectivity index (χ4v) is 4.25. The third-order valence-electron chi connectivity index (χ3n) is 3.33. The van der Waals surface area contributed by atoms with Crippen LogP contribution < -0.4 is 0 Å². The zero-order valence-corrected chi connectivity index (χ0v) is 13.1. The number of rotatable bonds is 3. The van der Waals surface area contributed by atoms with Crippen molar-refractivity contribution in [2.24, 2.45) is 0 Å². The van der Waals surface area contributed by atoms with Gasteiger partial charge in [0.25, 0.3) is 0 Å². The van der Waals surface area contributed by atoms with Crippen molar-refractivity contribution in [3.8, 4) is 0 Å². The summed E-state index contributed by atoms with van der Waals surface area (Å²) in [5.41, 5.74) is 0. The predicted molar refractivity (Wildman–Crippen MR) is 75.8 cm³/mol. The Morgan fingerprint density at radius 1 is 0.950 bits per heavy atom. The summed E-state index contributed by atoms with van der Waals surface area (Å²) in [5.74, 6) is 0. The minimum Gasteiger partial charge on any atom is -0.304 e. The van der Waals surface area contributed by atoms with E-state index >= 15 is 0 Å². The van der Waals surface area contributed by atoms with Crippen LogP contribution in [0, 0.1) is 0 Å². The summed E-state index contributed by atoms with van der Waals surface area (Å²) in [4.78, 5) is 2.11. The maximum Gasteiger partial charge on any atom is 0.243 e. The van der Waals surface area contributed by atoms with Crippen LogP contribution in [0.15, 0.2) is 34.1 Å². The monoisotopic (exact) mass is 318 g/mol. The van der Waals surface area contributed by atoms with Gasteiger partial charge in [0.15, 0.2) is 9.84 Å². The van der Waals surface area contributed by atoms with Crippen LogP contribution in [0.1, 0.15) is 0 Å². The highest BCUT2D eigenvalue weighted by Gasteiger charge is 2.28. The van der Waals surface area contributed by atoms with E-state index in [9.17, 15) is 16.8 Å². The van der Waals surface area contributed by atoms with Crippen LogP contribution in [0.3, 0.4) is 0 Å². The molecule has 0 N–H and O–H groups in total. The lowest BCUT2D eigenvalue weighted by atomic mass is 10.4. The number of sulfonamides is 1. The molecule has 0 saturated carbocycles. The Morgan fingerprint density at radius 3 is 2.05 bits per heavy atom. The number of sulfone groups is 1. The molecule has 8 heteroatoms. The van der Waals surface area contributed by atoms with E-state index in [1.165, 1.54) is 28.6 Å². The van der Waals surface area contributed by atoms with Crippen LogP contribution in [-0.4, -0.2) is 65.5 Å². The minimum atomic E-state index is -3.63. The van der Waals surface area contributed by atoms with Crippen LogP contribution in [0.2, 0.25) is 0 Å². The third kappa shape index (κ3) is 3.20. The molecule has 0 bridgehead atoms. The van der Waals surface area contributed by atoms with Crippen molar-refractivity contribution in [3.63, 3.8) is 0 Å². The lowest BCUT2D eigenvalue weighted by Gasteiger charge is -2.31. The molecule has 6 nitrogen and oxygen atoms in total. The SMILES string of the molecule is CN1CCN(S(=O)(=O)c2cccc(S(C)(=O)=O)c2)CC1. The molecule has 1 fully saturated rings. The fraction of sp³-hybridized carbons (Fsp3) is 0.500. The summed E-state index contributed by atoms with van der Waals surface area (Å²) in [5, 5.41) is 0. The summed E-state index contributed by atoms with van der Waals surface area (Å²) < 4.78 is 49.4. The van der Waals surface area contributed by atoms with E-state index in [1.807, 2.05) is 7.05 Å². The second-order valence-electron chi connectivity index (χ2n) is 4.95. The molecule has 1 heterocycles. The third-order valence-corrected chi connectivity index (χ3v) is 6.34. The van der Waals surface area contributed by atoms with E-state index < -0.39 is 19.9 Å². The molecule has 1 aliphatic rings. The molecule has 1 saturated heterocycles. The number of piperazine rings is 1. The highest BCUT2D eigenvalue weighted by Crippen LogP contribution is 2.20. The quantitative estimate of drug-likeness (QED) is 0.786. The molecule has 1 aliphatic heterocycles. The Kier molecular flexibility index (Phi) is 4.19. The highest BCUT2D eigenvalue weighted by atomic mass is 32.2. The average molecular weight is 318 g/mol. The first-order valence-corrected chi connectivity index (χ1v) is 9.53. The van der Waals surface area contributed by atoms with Crippen molar-refractivity contribution in [3.05, 3.63) is 24.3 Å². The summed E-state index contributed by atoms with van der Waals surface area (Å²) >= 11 is 0. The first-order valence-electron chi connectivity index (χ1n) is 6.20. The Labute approximate surface area is 120 Å². The number of likely N-dealkylation sites (N-methyl/N-ethyl adjacent to an activating group) is 1. The maximum absolute atomic E-state index is 12.5. The van der Waals surface area contributed by atoms with E-state index in [4.69, 9.17) is 0 Å². The van der Waals surface area contributed by atoms with Crippen molar-refractivity contribution in [1.29, 1.82) is 0 Å². The van der Waals surface area contributed by atoms with Gasteiger partial charge in [0.2, 0.25) is 10.0 Å². The van der Waals surface area contributed by atoms with Gasteiger partial charge in [-0.3, -0.25) is 0 Å². The Bertz CT molecular complexity index is 690. The van der Waals surface area contributed by atoms with E-state index in [2.05, 4.69) is 4.90 Å². The summed E-state index contributed by atoms with van der Waals surface area (Å²) in [7, 11) is -5.10. The van der Waals surface area contributed by atoms with Gasteiger partial charge in [-0.2, -0.15) is 4.31 Å². The maximum atomic E-state index is 12.5. The molecule has 112 valence electrons. The van der Waals surface area contributed by atoms with Crippen LogP contribution in [0.25, 0.3) is 0 Å². The largest absolute Gasteiger partial charge is 0.304 e. The van der Waals surface area contributed by atoms with Gasteiger partial charge in [-0.25, -0.2) is 16.8 Å². The first-order chi connectivity index (χ1) is 9.21. The van der Waals surface area contributed by atoms with Gasteiger partial charge in [-0.1, -0.05) is 6.07 Å². The zero-order chi connectivity index (χ0) is 15.0. The number of hydrogen-bond acceptors (Lipinski definition) is 5. The topological polar surface area (TPSA) is 74.8 Å². The number of benzene rings is 1. The second-order valence-corrected chi connectivity index (χ2v) is 8.91. The van der Waals surface area contributed by atoms with Crippen molar-refractivity contribution in [2.45, 2.75) is 9.79 Å². The van der Waals surface area contributed by atoms with Crippen LogP contribution in [-0.2, 0) is 19.9 Å². The van der Waals surface area contributed by atoms with Crippen LogP contribution in [0.5, 0.6) is 0 Å². The molecule has 0 spiro atoms. The Morgan fingerprint density at radius 2 is 1.50 bits per heavy atom. The van der Waals surface area contributed by atoms with Gasteiger partial charge < -0.3 is 4.90 Å². The van der Waals surface area contributed by atoms with Gasteiger partial charge in [-0.05, 0) is 25.2 Å². The lowest BCUT2D eigenvalue weighted by molar-refractivity contribution is 0.222. The molecule has 1 aromatic rings. The van der Waals surface area contributed by atoms with Gasteiger partial charge >= 0.3 is 0 Å². The van der Waals surface area contributed by atoms with Crippen molar-refractivity contribution >= 4 is 19.9 Å². The van der Waals surface area contributed by atoms with Gasteiger partial charge in [0.05, 0.1) is 9.79 Å². The molecule has 0 unspecified atom stereocenters. The standard InChI is InChI=1S/C12H18N2O4S2/c1-13-6-8-14(9-7-13)20(17,18)12-5-3-4-11(10-12)19(2,15)16/h3-5,10H,6-9H2,1-2H3. The normalized spacial score (nSPS) is 19.1. The molecule has 2 rings (SSSR count). The summed E-state index contributed by atoms with van der Waals surface area (Å²) in [6.45, 7) is 2.18. The summed E-state index contributed by atoms with van der Waals surface area (Å²) in [6.07, 6.45) is 1.06. The van der Waals surface area contributed by atoms with E-state index in [0.29, 0.717) is 26.2 Å². The van der Waals surface area contributed by atoms with E-state index in [0.717, 1.165) is 6.26 Å². The first kappa shape index (κ1) is 15.4. The van der Waals surface area contributed by atoms with Crippen LogP contribution >= 0.6 is 0 Å². The second kappa shape index (κ2) is 5.44. The van der Waals surface area contributed by atoms with Crippen molar-refractivity contribution in [2.75, 3.05) is 39.5 Å². The molecule has 0 atom stereocenters. The van der Waals surface area contributed by atoms with Gasteiger partial charge in [-0.15, -0.1) is 0 Å². The fourth-order valence-electron chi connectivity index (χ4n) is 2.04. The van der Waals surface area contributed by atoms with Gasteiger partial charge in [0, 0.05) is 32.4 Å². The Balaban J connectivity index is 2.35. The minimum absolute atomic E-state index is 0.0210. The molecule has 0 aliphatic carbocycles.